The summed E-state index contributed by atoms with van der Waals surface area (Å²) in [6, 6.07) is 3.55. The number of carbonyl (C=O) groups is 1. The van der Waals surface area contributed by atoms with Crippen molar-refractivity contribution < 1.29 is 14.3 Å². The largest absolute Gasteiger partial charge is 0.394 e. The van der Waals surface area contributed by atoms with Gasteiger partial charge in [-0.2, -0.15) is 0 Å². The maximum absolute atomic E-state index is 13.0. The van der Waals surface area contributed by atoms with Crippen LogP contribution in [0.1, 0.15) is 10.4 Å². The lowest BCUT2D eigenvalue weighted by Gasteiger charge is -2.10. The Labute approximate surface area is 97.5 Å². The van der Waals surface area contributed by atoms with Crippen LogP contribution in [-0.2, 0) is 0 Å². The monoisotopic (exact) mass is 236 g/mol. The molecule has 0 saturated heterocycles. The van der Waals surface area contributed by atoms with Gasteiger partial charge in [-0.25, -0.2) is 4.39 Å². The van der Waals surface area contributed by atoms with Crippen molar-refractivity contribution in [1.29, 1.82) is 0 Å². The third-order valence-corrected chi connectivity index (χ3v) is 2.76. The summed E-state index contributed by atoms with van der Waals surface area (Å²) in [7, 11) is 1.60. The van der Waals surface area contributed by atoms with Crippen LogP contribution in [0.5, 0.6) is 0 Å². The number of hydrogen-bond acceptors (Lipinski definition) is 3. The van der Waals surface area contributed by atoms with Crippen LogP contribution >= 0.6 is 0 Å². The fraction of sp³-hybridized carbons (Fsp3) is 0.250. The maximum atomic E-state index is 13.0. The van der Waals surface area contributed by atoms with E-state index < -0.39 is 6.04 Å². The maximum Gasteiger partial charge on any atom is 0.184 e. The summed E-state index contributed by atoms with van der Waals surface area (Å²) >= 11 is 0. The van der Waals surface area contributed by atoms with Crippen molar-refractivity contribution in [1.82, 2.24) is 10.3 Å². The summed E-state index contributed by atoms with van der Waals surface area (Å²) in [5, 5.41) is 12.4. The molecule has 2 aromatic rings. The molecule has 0 aliphatic heterocycles. The molecule has 0 aliphatic rings. The van der Waals surface area contributed by atoms with E-state index in [9.17, 15) is 9.18 Å². The minimum atomic E-state index is -0.640. The highest BCUT2D eigenvalue weighted by molar-refractivity contribution is 6.10. The summed E-state index contributed by atoms with van der Waals surface area (Å²) < 4.78 is 13.0. The average Bonchev–Trinajstić information content (AvgIpc) is 2.73. The van der Waals surface area contributed by atoms with Gasteiger partial charge in [0.2, 0.25) is 0 Å². The summed E-state index contributed by atoms with van der Waals surface area (Å²) in [5.74, 6) is -0.571. The highest BCUT2D eigenvalue weighted by Crippen LogP contribution is 2.20. The molecule has 0 amide bonds. The summed E-state index contributed by atoms with van der Waals surface area (Å²) in [5.41, 5.74) is 1.02. The Kier molecular flexibility index (Phi) is 3.21. The predicted octanol–water partition coefficient (Wildman–Crippen LogP) is 1.07. The first-order valence-electron chi connectivity index (χ1n) is 5.26. The normalized spacial score (nSPS) is 12.9. The van der Waals surface area contributed by atoms with Crippen LogP contribution in [0.4, 0.5) is 4.39 Å². The number of Topliss-reactive ketones (excluding diaryl/α,β-unsaturated/α-hetero) is 1. The van der Waals surface area contributed by atoms with Gasteiger partial charge < -0.3 is 15.4 Å². The molecule has 4 nitrogen and oxygen atoms in total. The fourth-order valence-electron chi connectivity index (χ4n) is 1.80. The average molecular weight is 236 g/mol. The summed E-state index contributed by atoms with van der Waals surface area (Å²) in [6.45, 7) is -0.275. The van der Waals surface area contributed by atoms with Crippen molar-refractivity contribution in [2.75, 3.05) is 13.7 Å². The number of likely N-dealkylation sites (N-methyl/N-ethyl adjacent to an activating group) is 1. The number of nitrogens with one attached hydrogen (secondary N) is 2. The van der Waals surface area contributed by atoms with Crippen molar-refractivity contribution in [3.8, 4) is 0 Å². The zero-order valence-electron chi connectivity index (χ0n) is 9.33. The molecule has 0 spiro atoms. The van der Waals surface area contributed by atoms with E-state index in [2.05, 4.69) is 10.3 Å². The number of halogens is 1. The first-order valence-corrected chi connectivity index (χ1v) is 5.26. The Morgan fingerprint density at radius 1 is 1.59 bits per heavy atom. The van der Waals surface area contributed by atoms with Crippen LogP contribution in [0.15, 0.2) is 24.4 Å². The molecule has 2 rings (SSSR count). The van der Waals surface area contributed by atoms with E-state index in [-0.39, 0.29) is 18.2 Å². The molecule has 1 aromatic carbocycles. The molecule has 1 heterocycles. The predicted molar refractivity (Wildman–Crippen MR) is 62.5 cm³/mol. The van der Waals surface area contributed by atoms with E-state index in [1.54, 1.807) is 13.1 Å². The van der Waals surface area contributed by atoms with E-state index in [1.165, 1.54) is 18.3 Å². The van der Waals surface area contributed by atoms with Gasteiger partial charge in [-0.05, 0) is 25.2 Å². The van der Waals surface area contributed by atoms with E-state index in [0.29, 0.717) is 16.5 Å². The van der Waals surface area contributed by atoms with Crippen LogP contribution in [0, 0.1) is 5.82 Å². The summed E-state index contributed by atoms with van der Waals surface area (Å²) in [6.07, 6.45) is 1.53. The first kappa shape index (κ1) is 11.8. The second kappa shape index (κ2) is 4.65. The lowest BCUT2D eigenvalue weighted by molar-refractivity contribution is 0.0906. The van der Waals surface area contributed by atoms with Crippen LogP contribution < -0.4 is 5.32 Å². The van der Waals surface area contributed by atoms with E-state index in [0.717, 1.165) is 0 Å². The molecule has 0 bridgehead atoms. The lowest BCUT2D eigenvalue weighted by atomic mass is 10.0. The molecule has 1 atom stereocenters. The topological polar surface area (TPSA) is 65.1 Å². The van der Waals surface area contributed by atoms with E-state index in [1.807, 2.05) is 0 Å². The highest BCUT2D eigenvalue weighted by Gasteiger charge is 2.20. The number of ketones is 1. The number of aliphatic hydroxyl groups is 1. The number of rotatable bonds is 4. The van der Waals surface area contributed by atoms with Crippen molar-refractivity contribution in [3.63, 3.8) is 0 Å². The van der Waals surface area contributed by atoms with Crippen LogP contribution in [0.3, 0.4) is 0 Å². The van der Waals surface area contributed by atoms with Gasteiger partial charge in [0.25, 0.3) is 0 Å². The molecular weight excluding hydrogens is 223 g/mol. The van der Waals surface area contributed by atoms with Crippen LogP contribution in [-0.4, -0.2) is 35.6 Å². The smallest absolute Gasteiger partial charge is 0.184 e. The molecule has 3 N–H and O–H groups in total. The van der Waals surface area contributed by atoms with Gasteiger partial charge >= 0.3 is 0 Å². The highest BCUT2D eigenvalue weighted by atomic mass is 19.1. The second-order valence-corrected chi connectivity index (χ2v) is 3.78. The number of H-pyrrole nitrogens is 1. The van der Waals surface area contributed by atoms with Crippen LogP contribution in [0.25, 0.3) is 10.9 Å². The molecular formula is C12H13FN2O2. The van der Waals surface area contributed by atoms with Crippen molar-refractivity contribution >= 4 is 16.7 Å². The standard InChI is InChI=1S/C12H13FN2O2/c1-14-11(6-16)12(17)9-5-15-10-4-7(13)2-3-8(9)10/h2-5,11,14-16H,6H2,1H3. The Balaban J connectivity index is 2.46. The Hall–Kier alpha value is -1.72. The molecule has 0 fully saturated rings. The number of carbonyl (C=O) groups excluding carboxylic acids is 1. The fourth-order valence-corrected chi connectivity index (χ4v) is 1.80. The number of aliphatic hydroxyl groups excluding tert-OH is 1. The molecule has 1 aromatic heterocycles. The van der Waals surface area contributed by atoms with Crippen LogP contribution in [0.2, 0.25) is 0 Å². The number of aromatic nitrogens is 1. The molecule has 0 radical (unpaired) electrons. The summed E-state index contributed by atoms with van der Waals surface area (Å²) in [4.78, 5) is 14.9. The van der Waals surface area contributed by atoms with E-state index >= 15 is 0 Å². The number of aromatic amines is 1. The number of benzene rings is 1. The minimum absolute atomic E-state index is 0.215. The zero-order valence-corrected chi connectivity index (χ0v) is 9.33. The second-order valence-electron chi connectivity index (χ2n) is 3.78. The molecule has 0 aliphatic carbocycles. The first-order chi connectivity index (χ1) is 8.17. The van der Waals surface area contributed by atoms with Gasteiger partial charge in [0.15, 0.2) is 5.78 Å². The number of fused-ring (bicyclic) bond motifs is 1. The molecule has 0 saturated carbocycles. The zero-order chi connectivity index (χ0) is 12.4. The van der Waals surface area contributed by atoms with E-state index in [4.69, 9.17) is 5.11 Å². The quantitative estimate of drug-likeness (QED) is 0.696. The molecule has 17 heavy (non-hydrogen) atoms. The van der Waals surface area contributed by atoms with Crippen molar-refractivity contribution in [3.05, 3.63) is 35.8 Å². The van der Waals surface area contributed by atoms with Gasteiger partial charge in [0.1, 0.15) is 5.82 Å². The Morgan fingerprint density at radius 3 is 3.00 bits per heavy atom. The molecule has 90 valence electrons. The molecule has 1 unspecified atom stereocenters. The molecule has 5 heteroatoms. The minimum Gasteiger partial charge on any atom is -0.394 e. The SMILES string of the molecule is CNC(CO)C(=O)c1c[nH]c2cc(F)ccc12. The van der Waals surface area contributed by atoms with Gasteiger partial charge in [0.05, 0.1) is 12.6 Å². The van der Waals surface area contributed by atoms with Gasteiger partial charge in [-0.1, -0.05) is 0 Å². The van der Waals surface area contributed by atoms with Gasteiger partial charge in [-0.15, -0.1) is 0 Å². The third kappa shape index (κ3) is 2.07. The Morgan fingerprint density at radius 2 is 2.35 bits per heavy atom. The lowest BCUT2D eigenvalue weighted by Crippen LogP contribution is -2.37. The van der Waals surface area contributed by atoms with Gasteiger partial charge in [0, 0.05) is 22.7 Å². The Bertz CT molecular complexity index is 546. The number of hydrogen-bond donors (Lipinski definition) is 3. The van der Waals surface area contributed by atoms with Crippen molar-refractivity contribution in [2.24, 2.45) is 0 Å². The van der Waals surface area contributed by atoms with Crippen molar-refractivity contribution in [2.45, 2.75) is 6.04 Å². The van der Waals surface area contributed by atoms with Gasteiger partial charge in [-0.3, -0.25) is 4.79 Å². The third-order valence-electron chi connectivity index (χ3n) is 2.76.